The third-order valence-corrected chi connectivity index (χ3v) is 5.21. The summed E-state index contributed by atoms with van der Waals surface area (Å²) < 4.78 is 40.4. The lowest BCUT2D eigenvalue weighted by Gasteiger charge is -2.07. The number of alkyl halides is 3. The summed E-state index contributed by atoms with van der Waals surface area (Å²) in [6.07, 6.45) is -4.41. The Morgan fingerprint density at radius 1 is 0.963 bits per heavy atom. The summed E-state index contributed by atoms with van der Waals surface area (Å²) in [5, 5.41) is 13.3. The van der Waals surface area contributed by atoms with E-state index in [1.807, 2.05) is 12.1 Å². The van der Waals surface area contributed by atoms with Crippen molar-refractivity contribution in [3.8, 4) is 22.0 Å². The summed E-state index contributed by atoms with van der Waals surface area (Å²) in [5.74, 6) is 0.724. The van der Waals surface area contributed by atoms with E-state index in [-0.39, 0.29) is 5.82 Å². The molecule has 8 heteroatoms. The minimum Gasteiger partial charge on any atom is -0.182 e. The maximum absolute atomic E-state index is 13.0. The summed E-state index contributed by atoms with van der Waals surface area (Å²) in [6.45, 7) is 4.25. The largest absolute Gasteiger partial charge is 0.416 e. The van der Waals surface area contributed by atoms with Gasteiger partial charge in [-0.15, -0.1) is 10.2 Å². The fourth-order valence-electron chi connectivity index (χ4n) is 2.76. The predicted molar refractivity (Wildman–Crippen MR) is 98.6 cm³/mol. The van der Waals surface area contributed by atoms with Crippen molar-refractivity contribution >= 4 is 16.3 Å². The molecule has 4 nitrogen and oxygen atoms in total. The molecule has 4 aromatic rings. The molecule has 0 atom stereocenters. The molecule has 0 N–H and O–H groups in total. The molecule has 0 aliphatic heterocycles. The molecule has 0 spiro atoms. The van der Waals surface area contributed by atoms with Gasteiger partial charge in [-0.2, -0.15) is 22.8 Å². The summed E-state index contributed by atoms with van der Waals surface area (Å²) in [4.78, 5) is 0.533. The second-order valence-electron chi connectivity index (χ2n) is 6.48. The number of halogens is 3. The van der Waals surface area contributed by atoms with Crippen LogP contribution < -0.4 is 0 Å². The van der Waals surface area contributed by atoms with Crippen LogP contribution in [0, 0.1) is 0 Å². The maximum Gasteiger partial charge on any atom is 0.416 e. The fraction of sp³-hybridized carbons (Fsp3) is 0.211. The smallest absolute Gasteiger partial charge is 0.182 e. The van der Waals surface area contributed by atoms with E-state index in [9.17, 15) is 13.2 Å². The zero-order chi connectivity index (χ0) is 19.2. The SMILES string of the molecule is CC(C)c1ccc(-c2nn3c(-c4cccc(C(F)(F)F)c4)nnc3s2)cc1. The highest BCUT2D eigenvalue weighted by Gasteiger charge is 2.31. The normalized spacial score (nSPS) is 12.2. The third-order valence-electron chi connectivity index (χ3n) is 4.26. The number of aromatic nitrogens is 4. The van der Waals surface area contributed by atoms with Gasteiger partial charge >= 0.3 is 6.18 Å². The number of nitrogens with zero attached hydrogens (tertiary/aromatic N) is 4. The number of hydrogen-bond acceptors (Lipinski definition) is 4. The summed E-state index contributed by atoms with van der Waals surface area (Å²) >= 11 is 1.35. The van der Waals surface area contributed by atoms with Gasteiger partial charge in [0.05, 0.1) is 5.56 Å². The lowest BCUT2D eigenvalue weighted by Crippen LogP contribution is -2.05. The van der Waals surface area contributed by atoms with Gasteiger partial charge in [-0.3, -0.25) is 0 Å². The Bertz CT molecular complexity index is 1090. The average Bonchev–Trinajstić information content (AvgIpc) is 3.22. The molecule has 2 aromatic heterocycles. The van der Waals surface area contributed by atoms with Crippen molar-refractivity contribution in [1.82, 2.24) is 19.8 Å². The number of rotatable bonds is 3. The number of hydrogen-bond donors (Lipinski definition) is 0. The molecule has 4 rings (SSSR count). The van der Waals surface area contributed by atoms with Crippen molar-refractivity contribution < 1.29 is 13.2 Å². The highest BCUT2D eigenvalue weighted by atomic mass is 32.1. The first-order valence-corrected chi connectivity index (χ1v) is 9.15. The number of benzene rings is 2. The van der Waals surface area contributed by atoms with E-state index in [0.717, 1.165) is 22.7 Å². The first-order chi connectivity index (χ1) is 12.8. The molecule has 27 heavy (non-hydrogen) atoms. The standard InChI is InChI=1S/C19H15F3N4S/c1-11(2)12-6-8-13(9-7-12)17-25-26-16(23-24-18(26)27-17)14-4-3-5-15(10-14)19(20,21)22/h3-11H,1-2H3. The Labute approximate surface area is 157 Å². The molecule has 0 bridgehead atoms. The van der Waals surface area contributed by atoms with Crippen LogP contribution in [0.3, 0.4) is 0 Å². The minimum atomic E-state index is -4.41. The van der Waals surface area contributed by atoms with Gasteiger partial charge in [0.25, 0.3) is 0 Å². The van der Waals surface area contributed by atoms with Gasteiger partial charge in [0, 0.05) is 11.1 Å². The van der Waals surface area contributed by atoms with Crippen LogP contribution in [-0.2, 0) is 6.18 Å². The van der Waals surface area contributed by atoms with Gasteiger partial charge in [-0.05, 0) is 23.6 Å². The fourth-order valence-corrected chi connectivity index (χ4v) is 3.60. The zero-order valence-corrected chi connectivity index (χ0v) is 15.3. The van der Waals surface area contributed by atoms with E-state index in [1.165, 1.54) is 27.5 Å². The van der Waals surface area contributed by atoms with E-state index in [1.54, 1.807) is 6.07 Å². The van der Waals surface area contributed by atoms with Crippen molar-refractivity contribution in [2.75, 3.05) is 0 Å². The van der Waals surface area contributed by atoms with Crippen molar-refractivity contribution in [2.24, 2.45) is 0 Å². The Balaban J connectivity index is 1.75. The molecule has 0 unspecified atom stereocenters. The highest BCUT2D eigenvalue weighted by molar-refractivity contribution is 7.19. The molecule has 0 saturated carbocycles. The Morgan fingerprint density at radius 3 is 2.37 bits per heavy atom. The van der Waals surface area contributed by atoms with Crippen LogP contribution in [0.5, 0.6) is 0 Å². The van der Waals surface area contributed by atoms with Crippen LogP contribution in [0.15, 0.2) is 48.5 Å². The lowest BCUT2D eigenvalue weighted by atomic mass is 10.0. The van der Waals surface area contributed by atoms with Crippen molar-refractivity contribution in [3.63, 3.8) is 0 Å². The maximum atomic E-state index is 13.0. The molecule has 2 heterocycles. The van der Waals surface area contributed by atoms with Crippen LogP contribution >= 0.6 is 11.3 Å². The minimum absolute atomic E-state index is 0.289. The molecule has 0 saturated heterocycles. The molecular formula is C19H15F3N4S. The summed E-state index contributed by atoms with van der Waals surface area (Å²) in [6, 6.07) is 13.1. The van der Waals surface area contributed by atoms with E-state index in [0.29, 0.717) is 16.4 Å². The topological polar surface area (TPSA) is 43.1 Å². The van der Waals surface area contributed by atoms with Gasteiger partial charge < -0.3 is 0 Å². The van der Waals surface area contributed by atoms with Gasteiger partial charge in [0.2, 0.25) is 4.96 Å². The molecule has 138 valence electrons. The second-order valence-corrected chi connectivity index (χ2v) is 7.44. The molecule has 0 radical (unpaired) electrons. The van der Waals surface area contributed by atoms with Crippen LogP contribution in [0.1, 0.15) is 30.9 Å². The van der Waals surface area contributed by atoms with E-state index < -0.39 is 11.7 Å². The predicted octanol–water partition coefficient (Wildman–Crippen LogP) is 5.66. The van der Waals surface area contributed by atoms with Gasteiger partial charge in [-0.25, -0.2) is 0 Å². The average molecular weight is 388 g/mol. The quantitative estimate of drug-likeness (QED) is 0.455. The monoisotopic (exact) mass is 388 g/mol. The van der Waals surface area contributed by atoms with Crippen LogP contribution in [0.2, 0.25) is 0 Å². The Kier molecular flexibility index (Phi) is 4.22. The lowest BCUT2D eigenvalue weighted by molar-refractivity contribution is -0.137. The Morgan fingerprint density at radius 2 is 1.70 bits per heavy atom. The van der Waals surface area contributed by atoms with Crippen LogP contribution in [0.4, 0.5) is 13.2 Å². The molecular weight excluding hydrogens is 373 g/mol. The van der Waals surface area contributed by atoms with E-state index >= 15 is 0 Å². The van der Waals surface area contributed by atoms with E-state index in [2.05, 4.69) is 41.3 Å². The molecule has 0 aliphatic carbocycles. The van der Waals surface area contributed by atoms with Crippen LogP contribution in [0.25, 0.3) is 26.9 Å². The summed E-state index contributed by atoms with van der Waals surface area (Å²) in [5.41, 5.74) is 1.76. The first kappa shape index (κ1) is 17.7. The van der Waals surface area contributed by atoms with E-state index in [4.69, 9.17) is 0 Å². The van der Waals surface area contributed by atoms with Crippen LogP contribution in [-0.4, -0.2) is 19.8 Å². The molecule has 0 aliphatic rings. The van der Waals surface area contributed by atoms with Crippen molar-refractivity contribution in [3.05, 3.63) is 59.7 Å². The summed E-state index contributed by atoms with van der Waals surface area (Å²) in [7, 11) is 0. The zero-order valence-electron chi connectivity index (χ0n) is 14.5. The first-order valence-electron chi connectivity index (χ1n) is 8.33. The van der Waals surface area contributed by atoms with Crippen molar-refractivity contribution in [2.45, 2.75) is 25.9 Å². The molecule has 2 aromatic carbocycles. The highest BCUT2D eigenvalue weighted by Crippen LogP contribution is 2.33. The second kappa shape index (κ2) is 6.45. The Hall–Kier alpha value is -2.74. The van der Waals surface area contributed by atoms with Gasteiger partial charge in [-0.1, -0.05) is 61.6 Å². The molecule has 0 fully saturated rings. The van der Waals surface area contributed by atoms with Gasteiger partial charge in [0.1, 0.15) is 5.01 Å². The number of fused-ring (bicyclic) bond motifs is 1. The van der Waals surface area contributed by atoms with Gasteiger partial charge in [0.15, 0.2) is 5.82 Å². The van der Waals surface area contributed by atoms with Crippen molar-refractivity contribution in [1.29, 1.82) is 0 Å². The molecule has 0 amide bonds. The third kappa shape index (κ3) is 3.32.